The van der Waals surface area contributed by atoms with E-state index in [1.54, 1.807) is 6.08 Å². The third kappa shape index (κ3) is 6.67. The minimum Gasteiger partial charge on any atom is -0.466 e. The van der Waals surface area contributed by atoms with Crippen LogP contribution in [0.3, 0.4) is 0 Å². The number of benzene rings is 1. The lowest BCUT2D eigenvalue weighted by Gasteiger charge is -2.04. The zero-order chi connectivity index (χ0) is 14.1. The van der Waals surface area contributed by atoms with Gasteiger partial charge < -0.3 is 10.1 Å². The molecule has 0 radical (unpaired) electrons. The third-order valence-corrected chi connectivity index (χ3v) is 2.46. The van der Waals surface area contributed by atoms with E-state index in [2.05, 4.69) is 10.1 Å². The number of halogens is 2. The number of carbonyl (C=O) groups is 1. The smallest absolute Gasteiger partial charge is 0.330 e. The molecule has 19 heavy (non-hydrogen) atoms. The van der Waals surface area contributed by atoms with Crippen molar-refractivity contribution >= 4 is 12.0 Å². The van der Waals surface area contributed by atoms with Crippen molar-refractivity contribution in [3.63, 3.8) is 0 Å². The number of hydrogen-bond donors (Lipinski definition) is 1. The zero-order valence-corrected chi connectivity index (χ0v) is 10.7. The second-order valence-corrected chi connectivity index (χ2v) is 3.95. The number of esters is 1. The SMILES string of the molecule is COC(=O)/C=C/c1ccc(CNCCC(F)F)cc1. The van der Waals surface area contributed by atoms with Crippen LogP contribution in [0.1, 0.15) is 17.5 Å². The molecule has 104 valence electrons. The third-order valence-electron chi connectivity index (χ3n) is 2.46. The topological polar surface area (TPSA) is 38.3 Å². The number of methoxy groups -OCH3 is 1. The molecule has 1 rings (SSSR count). The summed E-state index contributed by atoms with van der Waals surface area (Å²) in [7, 11) is 1.32. The molecule has 1 N–H and O–H groups in total. The van der Waals surface area contributed by atoms with Gasteiger partial charge in [-0.1, -0.05) is 24.3 Å². The van der Waals surface area contributed by atoms with Crippen LogP contribution in [0.5, 0.6) is 0 Å². The van der Waals surface area contributed by atoms with Gasteiger partial charge in [0.05, 0.1) is 7.11 Å². The van der Waals surface area contributed by atoms with Crippen molar-refractivity contribution in [2.45, 2.75) is 19.4 Å². The van der Waals surface area contributed by atoms with E-state index in [1.165, 1.54) is 13.2 Å². The molecule has 1 aromatic carbocycles. The lowest BCUT2D eigenvalue weighted by atomic mass is 10.1. The number of rotatable bonds is 7. The first-order chi connectivity index (χ1) is 9.11. The van der Waals surface area contributed by atoms with Gasteiger partial charge in [-0.25, -0.2) is 13.6 Å². The highest BCUT2D eigenvalue weighted by molar-refractivity contribution is 5.86. The van der Waals surface area contributed by atoms with Gasteiger partial charge in [0, 0.05) is 25.6 Å². The molecule has 0 atom stereocenters. The van der Waals surface area contributed by atoms with E-state index in [0.717, 1.165) is 11.1 Å². The first-order valence-corrected chi connectivity index (χ1v) is 5.95. The number of hydrogen-bond acceptors (Lipinski definition) is 3. The summed E-state index contributed by atoms with van der Waals surface area (Å²) in [6.45, 7) is 0.843. The van der Waals surface area contributed by atoms with Crippen LogP contribution in [-0.2, 0) is 16.1 Å². The van der Waals surface area contributed by atoms with Crippen LogP contribution in [0.25, 0.3) is 6.08 Å². The van der Waals surface area contributed by atoms with E-state index in [-0.39, 0.29) is 6.42 Å². The van der Waals surface area contributed by atoms with Crippen LogP contribution in [0.15, 0.2) is 30.3 Å². The normalized spacial score (nSPS) is 11.2. The van der Waals surface area contributed by atoms with Crippen LogP contribution in [-0.4, -0.2) is 26.0 Å². The highest BCUT2D eigenvalue weighted by Crippen LogP contribution is 2.06. The summed E-state index contributed by atoms with van der Waals surface area (Å²) in [6, 6.07) is 7.46. The Morgan fingerprint density at radius 2 is 2.05 bits per heavy atom. The number of alkyl halides is 2. The molecular weight excluding hydrogens is 252 g/mol. The molecular formula is C14H17F2NO2. The van der Waals surface area contributed by atoms with Crippen molar-refractivity contribution in [2.24, 2.45) is 0 Å². The van der Waals surface area contributed by atoms with Gasteiger partial charge in [-0.05, 0) is 17.2 Å². The quantitative estimate of drug-likeness (QED) is 0.470. The molecule has 1 aromatic rings. The van der Waals surface area contributed by atoms with Crippen molar-refractivity contribution in [1.82, 2.24) is 5.32 Å². The van der Waals surface area contributed by atoms with Crippen molar-refractivity contribution < 1.29 is 18.3 Å². The monoisotopic (exact) mass is 269 g/mol. The van der Waals surface area contributed by atoms with Gasteiger partial charge in [-0.15, -0.1) is 0 Å². The molecule has 0 heterocycles. The van der Waals surface area contributed by atoms with E-state index >= 15 is 0 Å². The molecule has 0 aliphatic heterocycles. The lowest BCUT2D eigenvalue weighted by Crippen LogP contribution is -2.16. The molecule has 0 bridgehead atoms. The van der Waals surface area contributed by atoms with Gasteiger partial charge in [0.2, 0.25) is 6.43 Å². The van der Waals surface area contributed by atoms with Gasteiger partial charge in [-0.2, -0.15) is 0 Å². The Balaban J connectivity index is 2.39. The van der Waals surface area contributed by atoms with E-state index in [1.807, 2.05) is 24.3 Å². The average Bonchev–Trinajstić information content (AvgIpc) is 2.42. The van der Waals surface area contributed by atoms with Crippen molar-refractivity contribution in [2.75, 3.05) is 13.7 Å². The van der Waals surface area contributed by atoms with Gasteiger partial charge in [-0.3, -0.25) is 0 Å². The Labute approximate surface area is 111 Å². The molecule has 0 amide bonds. The Bertz CT molecular complexity index is 416. The molecule has 0 spiro atoms. The largest absolute Gasteiger partial charge is 0.466 e. The second-order valence-electron chi connectivity index (χ2n) is 3.95. The first-order valence-electron chi connectivity index (χ1n) is 5.95. The summed E-state index contributed by atoms with van der Waals surface area (Å²) in [5, 5.41) is 2.94. The Hall–Kier alpha value is -1.75. The van der Waals surface area contributed by atoms with Crippen LogP contribution >= 0.6 is 0 Å². The summed E-state index contributed by atoms with van der Waals surface area (Å²) >= 11 is 0. The molecule has 0 aromatic heterocycles. The molecule has 0 aliphatic rings. The van der Waals surface area contributed by atoms with Gasteiger partial charge in [0.15, 0.2) is 0 Å². The fraction of sp³-hybridized carbons (Fsp3) is 0.357. The molecule has 5 heteroatoms. The number of carbonyl (C=O) groups excluding carboxylic acids is 1. The predicted octanol–water partition coefficient (Wildman–Crippen LogP) is 2.62. The van der Waals surface area contributed by atoms with E-state index in [0.29, 0.717) is 13.1 Å². The van der Waals surface area contributed by atoms with E-state index in [4.69, 9.17) is 0 Å². The fourth-order valence-electron chi connectivity index (χ4n) is 1.42. The van der Waals surface area contributed by atoms with Gasteiger partial charge in [0.25, 0.3) is 0 Å². The van der Waals surface area contributed by atoms with E-state index in [9.17, 15) is 13.6 Å². The molecule has 0 aliphatic carbocycles. The summed E-state index contributed by atoms with van der Waals surface area (Å²) in [5.41, 5.74) is 1.88. The summed E-state index contributed by atoms with van der Waals surface area (Å²) in [5.74, 6) is -0.405. The number of ether oxygens (including phenoxy) is 1. The molecule has 0 unspecified atom stereocenters. The summed E-state index contributed by atoms with van der Waals surface area (Å²) in [6.07, 6.45) is 0.591. The highest BCUT2D eigenvalue weighted by Gasteiger charge is 2.00. The Morgan fingerprint density at radius 3 is 2.63 bits per heavy atom. The van der Waals surface area contributed by atoms with E-state index < -0.39 is 12.4 Å². The first kappa shape index (κ1) is 15.3. The van der Waals surface area contributed by atoms with Crippen LogP contribution < -0.4 is 5.32 Å². The van der Waals surface area contributed by atoms with Crippen molar-refractivity contribution in [3.8, 4) is 0 Å². The van der Waals surface area contributed by atoms with Crippen LogP contribution in [0.2, 0.25) is 0 Å². The average molecular weight is 269 g/mol. The van der Waals surface area contributed by atoms with Crippen LogP contribution in [0, 0.1) is 0 Å². The summed E-state index contributed by atoms with van der Waals surface area (Å²) in [4.78, 5) is 10.9. The summed E-state index contributed by atoms with van der Waals surface area (Å²) < 4.78 is 28.3. The van der Waals surface area contributed by atoms with Gasteiger partial charge in [0.1, 0.15) is 0 Å². The second kappa shape index (κ2) is 8.37. The minimum atomic E-state index is -2.27. The standard InChI is InChI=1S/C14H17F2NO2/c1-19-14(18)7-6-11-2-4-12(5-3-11)10-17-9-8-13(15)16/h2-7,13,17H,8-10H2,1H3/b7-6+. The predicted molar refractivity (Wildman–Crippen MR) is 69.8 cm³/mol. The molecule has 0 saturated carbocycles. The zero-order valence-electron chi connectivity index (χ0n) is 10.7. The van der Waals surface area contributed by atoms with Crippen molar-refractivity contribution in [1.29, 1.82) is 0 Å². The maximum atomic E-state index is 11.9. The molecule has 3 nitrogen and oxygen atoms in total. The fourth-order valence-corrected chi connectivity index (χ4v) is 1.42. The van der Waals surface area contributed by atoms with Crippen molar-refractivity contribution in [3.05, 3.63) is 41.5 Å². The van der Waals surface area contributed by atoms with Gasteiger partial charge >= 0.3 is 5.97 Å². The number of nitrogens with one attached hydrogen (secondary N) is 1. The maximum Gasteiger partial charge on any atom is 0.330 e. The Kier molecular flexibility index (Phi) is 6.74. The lowest BCUT2D eigenvalue weighted by molar-refractivity contribution is -0.134. The van der Waals surface area contributed by atoms with Crippen LogP contribution in [0.4, 0.5) is 8.78 Å². The highest BCUT2D eigenvalue weighted by atomic mass is 19.3. The molecule has 0 fully saturated rings. The maximum absolute atomic E-state index is 11.9. The Morgan fingerprint density at radius 1 is 1.37 bits per heavy atom. The minimum absolute atomic E-state index is 0.139. The molecule has 0 saturated heterocycles.